The molecule has 166 valence electrons. The maximum atomic E-state index is 14.3. The Morgan fingerprint density at radius 1 is 1.03 bits per heavy atom. The van der Waals surface area contributed by atoms with Crippen LogP contribution in [-0.2, 0) is 10.0 Å². The summed E-state index contributed by atoms with van der Waals surface area (Å²) >= 11 is 0. The van der Waals surface area contributed by atoms with Gasteiger partial charge in [0.05, 0.1) is 11.9 Å². The van der Waals surface area contributed by atoms with Crippen molar-refractivity contribution in [2.24, 2.45) is 0 Å². The summed E-state index contributed by atoms with van der Waals surface area (Å²) < 4.78 is 39.1. The number of amides is 1. The molecule has 1 atom stereocenters. The number of rotatable bonds is 6. The first-order valence-electron chi connectivity index (χ1n) is 10.7. The van der Waals surface area contributed by atoms with Gasteiger partial charge in [0.2, 0.25) is 10.0 Å². The van der Waals surface area contributed by atoms with Gasteiger partial charge in [0.1, 0.15) is 5.82 Å². The molecule has 6 nitrogen and oxygen atoms in total. The highest BCUT2D eigenvalue weighted by Crippen LogP contribution is 2.27. The Bertz CT molecular complexity index is 1050. The Morgan fingerprint density at radius 2 is 1.71 bits per heavy atom. The SMILES string of the molecule is CS(=O)(=O)Nc1ccc(-c2ccc(C(=O)N3CCCC3CN3CCCC3)cc2)cc1F. The Morgan fingerprint density at radius 3 is 2.35 bits per heavy atom. The second-order valence-corrected chi connectivity index (χ2v) is 10.2. The number of nitrogens with zero attached hydrogens (tertiary/aromatic N) is 2. The molecule has 4 rings (SSSR count). The van der Waals surface area contributed by atoms with Crippen LogP contribution in [-0.4, -0.2) is 62.6 Å². The minimum atomic E-state index is -3.55. The molecule has 1 N–H and O–H groups in total. The number of carbonyl (C=O) groups excluding carboxylic acids is 1. The van der Waals surface area contributed by atoms with Crippen LogP contribution in [0.1, 0.15) is 36.0 Å². The molecule has 2 aliphatic rings. The van der Waals surface area contributed by atoms with Gasteiger partial charge in [-0.05, 0) is 74.2 Å². The monoisotopic (exact) mass is 445 g/mol. The van der Waals surface area contributed by atoms with Crippen LogP contribution in [0.2, 0.25) is 0 Å². The van der Waals surface area contributed by atoms with Crippen molar-refractivity contribution in [1.29, 1.82) is 0 Å². The fraction of sp³-hybridized carbons (Fsp3) is 0.435. The second-order valence-electron chi connectivity index (χ2n) is 8.45. The number of sulfonamides is 1. The average molecular weight is 446 g/mol. The summed E-state index contributed by atoms with van der Waals surface area (Å²) in [5.74, 6) is -0.600. The first-order chi connectivity index (χ1) is 14.8. The topological polar surface area (TPSA) is 69.7 Å². The van der Waals surface area contributed by atoms with Gasteiger partial charge in [0.15, 0.2) is 0 Å². The molecule has 0 aliphatic carbocycles. The molecule has 0 radical (unpaired) electrons. The van der Waals surface area contributed by atoms with Crippen LogP contribution in [0.25, 0.3) is 11.1 Å². The van der Waals surface area contributed by atoms with Crippen LogP contribution in [0.4, 0.5) is 10.1 Å². The van der Waals surface area contributed by atoms with Crippen LogP contribution < -0.4 is 4.72 Å². The Balaban J connectivity index is 1.46. The van der Waals surface area contributed by atoms with Crippen molar-refractivity contribution in [3.05, 3.63) is 53.8 Å². The summed E-state index contributed by atoms with van der Waals surface area (Å²) in [4.78, 5) is 17.5. The fourth-order valence-electron chi connectivity index (χ4n) is 4.50. The maximum Gasteiger partial charge on any atom is 0.254 e. The van der Waals surface area contributed by atoms with Crippen molar-refractivity contribution in [2.75, 3.05) is 37.2 Å². The molecular formula is C23H28FN3O3S. The average Bonchev–Trinajstić information content (AvgIpc) is 3.41. The van der Waals surface area contributed by atoms with E-state index in [2.05, 4.69) is 9.62 Å². The zero-order valence-corrected chi connectivity index (χ0v) is 18.5. The van der Waals surface area contributed by atoms with Gasteiger partial charge in [-0.2, -0.15) is 0 Å². The highest BCUT2D eigenvalue weighted by Gasteiger charge is 2.31. The third kappa shape index (κ3) is 5.25. The van der Waals surface area contributed by atoms with Gasteiger partial charge in [0.25, 0.3) is 5.91 Å². The molecule has 0 saturated carbocycles. The zero-order chi connectivity index (χ0) is 22.0. The highest BCUT2D eigenvalue weighted by molar-refractivity contribution is 7.92. The largest absolute Gasteiger partial charge is 0.334 e. The molecule has 31 heavy (non-hydrogen) atoms. The standard InChI is InChI=1S/C23H28FN3O3S/c1-31(29,30)25-22-11-10-19(15-21(22)24)17-6-8-18(9-7-17)23(28)27-14-4-5-20(27)16-26-12-2-3-13-26/h6-11,15,20,25H,2-5,12-14,16H2,1H3. The maximum absolute atomic E-state index is 14.3. The smallest absolute Gasteiger partial charge is 0.254 e. The highest BCUT2D eigenvalue weighted by atomic mass is 32.2. The number of nitrogens with one attached hydrogen (secondary N) is 1. The van der Waals surface area contributed by atoms with E-state index in [4.69, 9.17) is 0 Å². The van der Waals surface area contributed by atoms with Gasteiger partial charge in [-0.15, -0.1) is 0 Å². The van der Waals surface area contributed by atoms with Gasteiger partial charge in [-0.1, -0.05) is 18.2 Å². The third-order valence-corrected chi connectivity index (χ3v) is 6.63. The summed E-state index contributed by atoms with van der Waals surface area (Å²) in [6.45, 7) is 4.00. The molecule has 2 aromatic carbocycles. The predicted octanol–water partition coefficient (Wildman–Crippen LogP) is 3.56. The van der Waals surface area contributed by atoms with Crippen LogP contribution in [0.15, 0.2) is 42.5 Å². The van der Waals surface area contributed by atoms with E-state index in [-0.39, 0.29) is 17.6 Å². The van der Waals surface area contributed by atoms with E-state index in [0.29, 0.717) is 11.1 Å². The lowest BCUT2D eigenvalue weighted by Gasteiger charge is -2.28. The zero-order valence-electron chi connectivity index (χ0n) is 17.7. The van der Waals surface area contributed by atoms with Gasteiger partial charge in [-0.25, -0.2) is 12.8 Å². The Kier molecular flexibility index (Phi) is 6.29. The fourth-order valence-corrected chi connectivity index (χ4v) is 5.07. The van der Waals surface area contributed by atoms with Crippen molar-refractivity contribution < 1.29 is 17.6 Å². The van der Waals surface area contributed by atoms with E-state index in [1.165, 1.54) is 25.0 Å². The second kappa shape index (κ2) is 8.96. The number of likely N-dealkylation sites (tertiary alicyclic amines) is 2. The predicted molar refractivity (Wildman–Crippen MR) is 120 cm³/mol. The lowest BCUT2D eigenvalue weighted by molar-refractivity contribution is 0.0709. The quantitative estimate of drug-likeness (QED) is 0.738. The van der Waals surface area contributed by atoms with E-state index in [9.17, 15) is 17.6 Å². The Hall–Kier alpha value is -2.45. The summed E-state index contributed by atoms with van der Waals surface area (Å²) in [6, 6.07) is 11.8. The van der Waals surface area contributed by atoms with Crippen molar-refractivity contribution in [2.45, 2.75) is 31.7 Å². The minimum absolute atomic E-state index is 0.0483. The number of hydrogen-bond donors (Lipinski definition) is 1. The van der Waals surface area contributed by atoms with Gasteiger partial charge < -0.3 is 9.80 Å². The first-order valence-corrected chi connectivity index (χ1v) is 12.6. The molecule has 0 aromatic heterocycles. The molecule has 2 saturated heterocycles. The van der Waals surface area contributed by atoms with Crippen LogP contribution >= 0.6 is 0 Å². The molecule has 2 fully saturated rings. The van der Waals surface area contributed by atoms with Gasteiger partial charge >= 0.3 is 0 Å². The molecule has 8 heteroatoms. The number of halogens is 1. The van der Waals surface area contributed by atoms with Crippen molar-refractivity contribution in [3.63, 3.8) is 0 Å². The number of hydrogen-bond acceptors (Lipinski definition) is 4. The molecule has 0 bridgehead atoms. The molecule has 0 spiro atoms. The Labute approximate surface area is 183 Å². The summed E-state index contributed by atoms with van der Waals surface area (Å²) in [5.41, 5.74) is 1.92. The van der Waals surface area contributed by atoms with E-state index >= 15 is 0 Å². The summed E-state index contributed by atoms with van der Waals surface area (Å²) in [5, 5.41) is 0. The van der Waals surface area contributed by atoms with Crippen LogP contribution in [0, 0.1) is 5.82 Å². The van der Waals surface area contributed by atoms with Gasteiger partial charge in [0, 0.05) is 24.7 Å². The summed E-state index contributed by atoms with van der Waals surface area (Å²) in [7, 11) is -3.55. The lowest BCUT2D eigenvalue weighted by atomic mass is 10.0. The number of anilines is 1. The van der Waals surface area contributed by atoms with Crippen LogP contribution in [0.3, 0.4) is 0 Å². The third-order valence-electron chi connectivity index (χ3n) is 6.04. The first kappa shape index (κ1) is 21.8. The summed E-state index contributed by atoms with van der Waals surface area (Å²) in [6.07, 6.45) is 5.55. The minimum Gasteiger partial charge on any atom is -0.334 e. The van der Waals surface area contributed by atoms with Gasteiger partial charge in [-0.3, -0.25) is 9.52 Å². The molecular weight excluding hydrogens is 417 g/mol. The van der Waals surface area contributed by atoms with Crippen molar-refractivity contribution in [1.82, 2.24) is 9.80 Å². The van der Waals surface area contributed by atoms with Crippen LogP contribution in [0.5, 0.6) is 0 Å². The number of benzene rings is 2. The number of carbonyl (C=O) groups is 1. The van der Waals surface area contributed by atoms with E-state index in [1.807, 2.05) is 4.90 Å². The normalized spacial score (nSPS) is 19.7. The molecule has 2 aliphatic heterocycles. The molecule has 2 aromatic rings. The molecule has 1 amide bonds. The molecule has 2 heterocycles. The lowest BCUT2D eigenvalue weighted by Crippen LogP contribution is -2.42. The van der Waals surface area contributed by atoms with E-state index in [1.54, 1.807) is 30.3 Å². The van der Waals surface area contributed by atoms with Crippen molar-refractivity contribution in [3.8, 4) is 11.1 Å². The molecule has 1 unspecified atom stereocenters. The van der Waals surface area contributed by atoms with E-state index in [0.717, 1.165) is 50.8 Å². The van der Waals surface area contributed by atoms with Crippen molar-refractivity contribution >= 4 is 21.6 Å². The van der Waals surface area contributed by atoms with E-state index < -0.39 is 15.8 Å².